The standard InChI is InChI=1S/C22H29N3O2S2/c1-11-12(2)28-19-17(11)20(27)25(4)21(23-19)29-13(3)18(26)24-22-8-14-5-15(9-22)7-16(6-14)10-22/h13-16H,5-10H2,1-4H3,(H,24,26). The van der Waals surface area contributed by atoms with Crippen molar-refractivity contribution in [2.24, 2.45) is 24.8 Å². The second-order valence-electron chi connectivity index (χ2n) is 9.67. The Labute approximate surface area is 179 Å². The first-order valence-electron chi connectivity index (χ1n) is 10.7. The Morgan fingerprint density at radius 3 is 2.38 bits per heavy atom. The number of carbonyl (C=O) groups excluding carboxylic acids is 1. The van der Waals surface area contributed by atoms with Crippen LogP contribution < -0.4 is 10.9 Å². The highest BCUT2D eigenvalue weighted by molar-refractivity contribution is 8.00. The highest BCUT2D eigenvalue weighted by atomic mass is 32.2. The summed E-state index contributed by atoms with van der Waals surface area (Å²) in [7, 11) is 1.76. The van der Waals surface area contributed by atoms with Crippen molar-refractivity contribution in [3.05, 3.63) is 20.8 Å². The largest absolute Gasteiger partial charge is 0.350 e. The van der Waals surface area contributed by atoms with Crippen LogP contribution in [0, 0.1) is 31.6 Å². The zero-order chi connectivity index (χ0) is 20.5. The maximum Gasteiger partial charge on any atom is 0.262 e. The second-order valence-corrected chi connectivity index (χ2v) is 12.2. The Bertz CT molecular complexity index is 1020. The number of aryl methyl sites for hydroxylation is 2. The minimum atomic E-state index is -0.277. The summed E-state index contributed by atoms with van der Waals surface area (Å²) >= 11 is 2.95. The Kier molecular flexibility index (Phi) is 4.63. The SMILES string of the molecule is Cc1sc2nc(SC(C)C(=O)NC34CC5CC(CC(C5)C3)C4)n(C)c(=O)c2c1C. The molecule has 4 saturated carbocycles. The van der Waals surface area contributed by atoms with Gasteiger partial charge in [-0.25, -0.2) is 4.98 Å². The van der Waals surface area contributed by atoms with Crippen molar-refractivity contribution in [1.29, 1.82) is 0 Å². The summed E-state index contributed by atoms with van der Waals surface area (Å²) < 4.78 is 1.60. The van der Waals surface area contributed by atoms with Crippen molar-refractivity contribution in [3.63, 3.8) is 0 Å². The van der Waals surface area contributed by atoms with Crippen molar-refractivity contribution >= 4 is 39.2 Å². The number of thiophene rings is 1. The Balaban J connectivity index is 1.35. The summed E-state index contributed by atoms with van der Waals surface area (Å²) in [5.74, 6) is 2.50. The fraction of sp³-hybridized carbons (Fsp3) is 0.682. The lowest BCUT2D eigenvalue weighted by Crippen LogP contribution is -2.60. The van der Waals surface area contributed by atoms with Crippen molar-refractivity contribution in [2.75, 3.05) is 0 Å². The predicted molar refractivity (Wildman–Crippen MR) is 119 cm³/mol. The summed E-state index contributed by atoms with van der Waals surface area (Å²) in [6, 6.07) is 0. The average Bonchev–Trinajstić information content (AvgIpc) is 2.91. The molecule has 4 fully saturated rings. The van der Waals surface area contributed by atoms with Gasteiger partial charge in [-0.3, -0.25) is 14.2 Å². The van der Waals surface area contributed by atoms with Crippen LogP contribution in [0.5, 0.6) is 0 Å². The van der Waals surface area contributed by atoms with Gasteiger partial charge in [0.15, 0.2) is 5.16 Å². The molecule has 1 atom stereocenters. The van der Waals surface area contributed by atoms with Gasteiger partial charge in [-0.05, 0) is 82.6 Å². The quantitative estimate of drug-likeness (QED) is 0.583. The third kappa shape index (κ3) is 3.25. The first-order chi connectivity index (χ1) is 13.7. The number of nitrogens with zero attached hydrogens (tertiary/aromatic N) is 2. The van der Waals surface area contributed by atoms with E-state index in [9.17, 15) is 9.59 Å². The molecule has 4 aliphatic rings. The van der Waals surface area contributed by atoms with Crippen LogP contribution in [0.4, 0.5) is 0 Å². The molecule has 1 N–H and O–H groups in total. The van der Waals surface area contributed by atoms with Crippen LogP contribution in [0.15, 0.2) is 9.95 Å². The number of thioether (sulfide) groups is 1. The smallest absolute Gasteiger partial charge is 0.262 e. The zero-order valence-corrected chi connectivity index (χ0v) is 19.2. The van der Waals surface area contributed by atoms with E-state index in [-0.39, 0.29) is 22.3 Å². The van der Waals surface area contributed by atoms with Crippen molar-refractivity contribution in [3.8, 4) is 0 Å². The molecule has 5 nitrogen and oxygen atoms in total. The number of carbonyl (C=O) groups is 1. The normalized spacial score (nSPS) is 31.4. The average molecular weight is 432 g/mol. The molecule has 156 valence electrons. The van der Waals surface area contributed by atoms with Crippen molar-refractivity contribution in [1.82, 2.24) is 14.9 Å². The lowest BCUT2D eigenvalue weighted by molar-refractivity contribution is -0.126. The summed E-state index contributed by atoms with van der Waals surface area (Å²) in [5.41, 5.74) is 1.02. The maximum atomic E-state index is 13.1. The van der Waals surface area contributed by atoms with Gasteiger partial charge in [-0.15, -0.1) is 11.3 Å². The van der Waals surface area contributed by atoms with Crippen LogP contribution in [0.1, 0.15) is 55.9 Å². The van der Waals surface area contributed by atoms with Gasteiger partial charge in [0, 0.05) is 17.5 Å². The van der Waals surface area contributed by atoms with E-state index in [1.165, 1.54) is 31.0 Å². The molecule has 2 aromatic rings. The molecule has 0 aromatic carbocycles. The molecule has 7 heteroatoms. The number of fused-ring (bicyclic) bond motifs is 1. The maximum absolute atomic E-state index is 13.1. The van der Waals surface area contributed by atoms with E-state index in [2.05, 4.69) is 5.32 Å². The third-order valence-electron chi connectivity index (χ3n) is 7.45. The van der Waals surface area contributed by atoms with E-state index in [0.29, 0.717) is 10.5 Å². The fourth-order valence-corrected chi connectivity index (χ4v) is 8.24. The van der Waals surface area contributed by atoms with Gasteiger partial charge in [0.1, 0.15) is 4.83 Å². The Hall–Kier alpha value is -1.34. The van der Waals surface area contributed by atoms with E-state index in [0.717, 1.165) is 52.3 Å². The lowest BCUT2D eigenvalue weighted by Gasteiger charge is -2.57. The minimum absolute atomic E-state index is 0.0197. The molecule has 4 bridgehead atoms. The van der Waals surface area contributed by atoms with Gasteiger partial charge in [0.05, 0.1) is 10.6 Å². The molecule has 0 radical (unpaired) electrons. The number of rotatable bonds is 4. The zero-order valence-electron chi connectivity index (χ0n) is 17.6. The van der Waals surface area contributed by atoms with Gasteiger partial charge >= 0.3 is 0 Å². The van der Waals surface area contributed by atoms with Crippen LogP contribution >= 0.6 is 23.1 Å². The van der Waals surface area contributed by atoms with Gasteiger partial charge in [-0.2, -0.15) is 0 Å². The minimum Gasteiger partial charge on any atom is -0.350 e. The Morgan fingerprint density at radius 2 is 1.79 bits per heavy atom. The molecular formula is C22H29N3O2S2. The number of nitrogens with one attached hydrogen (secondary N) is 1. The number of amides is 1. The molecule has 2 heterocycles. The summed E-state index contributed by atoms with van der Waals surface area (Å²) in [6.07, 6.45) is 7.55. The topological polar surface area (TPSA) is 64.0 Å². The van der Waals surface area contributed by atoms with Gasteiger partial charge in [0.2, 0.25) is 5.91 Å². The number of hydrogen-bond acceptors (Lipinski definition) is 5. The molecule has 6 rings (SSSR count). The Morgan fingerprint density at radius 1 is 1.21 bits per heavy atom. The van der Waals surface area contributed by atoms with Crippen molar-refractivity contribution in [2.45, 2.75) is 75.2 Å². The highest BCUT2D eigenvalue weighted by Gasteiger charge is 2.51. The summed E-state index contributed by atoms with van der Waals surface area (Å²) in [5, 5.41) is 4.51. The predicted octanol–water partition coefficient (Wildman–Crippen LogP) is 4.18. The highest BCUT2D eigenvalue weighted by Crippen LogP contribution is 2.55. The molecule has 29 heavy (non-hydrogen) atoms. The van der Waals surface area contributed by atoms with Crippen LogP contribution in [-0.2, 0) is 11.8 Å². The number of aromatic nitrogens is 2. The van der Waals surface area contributed by atoms with Gasteiger partial charge < -0.3 is 5.32 Å². The van der Waals surface area contributed by atoms with Crippen LogP contribution in [0.3, 0.4) is 0 Å². The van der Waals surface area contributed by atoms with E-state index in [1.807, 2.05) is 20.8 Å². The first kappa shape index (κ1) is 19.6. The van der Waals surface area contributed by atoms with Crippen LogP contribution in [0.25, 0.3) is 10.2 Å². The first-order valence-corrected chi connectivity index (χ1v) is 12.4. The molecule has 0 spiro atoms. The van der Waals surface area contributed by atoms with E-state index in [4.69, 9.17) is 4.98 Å². The van der Waals surface area contributed by atoms with Gasteiger partial charge in [-0.1, -0.05) is 11.8 Å². The monoisotopic (exact) mass is 431 g/mol. The van der Waals surface area contributed by atoms with Crippen molar-refractivity contribution < 1.29 is 4.79 Å². The molecule has 1 amide bonds. The summed E-state index contributed by atoms with van der Waals surface area (Å²) in [6.45, 7) is 5.93. The van der Waals surface area contributed by atoms with E-state index in [1.54, 1.807) is 23.0 Å². The summed E-state index contributed by atoms with van der Waals surface area (Å²) in [4.78, 5) is 32.6. The molecule has 0 aliphatic heterocycles. The fourth-order valence-electron chi connectivity index (χ4n) is 6.30. The van der Waals surface area contributed by atoms with E-state index < -0.39 is 0 Å². The molecule has 0 saturated heterocycles. The molecule has 1 unspecified atom stereocenters. The lowest BCUT2D eigenvalue weighted by atomic mass is 9.53. The molecular weight excluding hydrogens is 402 g/mol. The second kappa shape index (κ2) is 6.84. The number of hydrogen-bond donors (Lipinski definition) is 1. The third-order valence-corrected chi connectivity index (χ3v) is 9.69. The van der Waals surface area contributed by atoms with Crippen LogP contribution in [-0.4, -0.2) is 26.2 Å². The van der Waals surface area contributed by atoms with Crippen LogP contribution in [0.2, 0.25) is 0 Å². The molecule has 4 aliphatic carbocycles. The van der Waals surface area contributed by atoms with E-state index >= 15 is 0 Å². The van der Waals surface area contributed by atoms with Gasteiger partial charge in [0.25, 0.3) is 5.56 Å². The molecule has 2 aromatic heterocycles.